The predicted octanol–water partition coefficient (Wildman–Crippen LogP) is 7.23. The first kappa shape index (κ1) is 19.8. The molecule has 4 aromatic rings. The van der Waals surface area contributed by atoms with Crippen molar-refractivity contribution < 1.29 is 4.79 Å². The second kappa shape index (κ2) is 7.93. The molecule has 0 fully saturated rings. The third kappa shape index (κ3) is 3.41. The van der Waals surface area contributed by atoms with E-state index >= 15 is 0 Å². The van der Waals surface area contributed by atoms with Crippen molar-refractivity contribution in [3.8, 4) is 0 Å². The molecule has 1 amide bonds. The molecule has 6 rings (SSSR count). The van der Waals surface area contributed by atoms with Gasteiger partial charge in [0.15, 0.2) is 0 Å². The molecule has 2 N–H and O–H groups in total. The number of benzene rings is 4. The Bertz CT molecular complexity index is 1400. The van der Waals surface area contributed by atoms with Gasteiger partial charge < -0.3 is 10.6 Å². The van der Waals surface area contributed by atoms with Crippen molar-refractivity contribution in [2.75, 3.05) is 10.6 Å². The summed E-state index contributed by atoms with van der Waals surface area (Å²) in [7, 11) is 0. The number of hydrogen-bond acceptors (Lipinski definition) is 2. The Kier molecular flexibility index (Phi) is 4.76. The number of carbonyl (C=O) groups excluding carboxylic acids is 1. The van der Waals surface area contributed by atoms with Gasteiger partial charge in [-0.1, -0.05) is 72.8 Å². The molecule has 0 aromatic heterocycles. The number of carbonyl (C=O) groups is 1. The van der Waals surface area contributed by atoms with Crippen LogP contribution in [0.1, 0.15) is 45.4 Å². The van der Waals surface area contributed by atoms with E-state index < -0.39 is 0 Å². The van der Waals surface area contributed by atoms with Crippen LogP contribution in [0.15, 0.2) is 97.1 Å². The number of nitrogens with one attached hydrogen (secondary N) is 2. The number of fused-ring (bicyclic) bond motifs is 4. The zero-order chi connectivity index (χ0) is 22.4. The van der Waals surface area contributed by atoms with Crippen molar-refractivity contribution in [1.29, 1.82) is 0 Å². The predicted molar refractivity (Wildman–Crippen MR) is 136 cm³/mol. The van der Waals surface area contributed by atoms with Crippen LogP contribution in [0.25, 0.3) is 10.8 Å². The Morgan fingerprint density at radius 2 is 1.73 bits per heavy atom. The minimum absolute atomic E-state index is 0.0658. The lowest BCUT2D eigenvalue weighted by Gasteiger charge is -2.38. The summed E-state index contributed by atoms with van der Waals surface area (Å²) in [4.78, 5) is 12.9. The molecule has 3 atom stereocenters. The first-order valence-corrected chi connectivity index (χ1v) is 11.6. The van der Waals surface area contributed by atoms with Gasteiger partial charge in [-0.2, -0.15) is 0 Å². The smallest absolute Gasteiger partial charge is 0.255 e. The van der Waals surface area contributed by atoms with E-state index in [0.717, 1.165) is 23.4 Å². The Balaban J connectivity index is 1.35. The van der Waals surface area contributed by atoms with E-state index in [-0.39, 0.29) is 11.9 Å². The molecule has 0 saturated heterocycles. The molecule has 0 radical (unpaired) electrons. The van der Waals surface area contributed by atoms with Gasteiger partial charge in [-0.15, -0.1) is 0 Å². The van der Waals surface area contributed by atoms with Crippen molar-refractivity contribution in [3.05, 3.63) is 119 Å². The quantitative estimate of drug-likeness (QED) is 0.337. The molecule has 2 aliphatic rings. The first-order valence-electron chi connectivity index (χ1n) is 11.6. The fraction of sp³-hybridized carbons (Fsp3) is 0.167. The van der Waals surface area contributed by atoms with Gasteiger partial charge in [-0.05, 0) is 71.0 Å². The van der Waals surface area contributed by atoms with E-state index in [9.17, 15) is 4.79 Å². The van der Waals surface area contributed by atoms with Gasteiger partial charge in [0, 0.05) is 22.9 Å². The average Bonchev–Trinajstić information content (AvgIpc) is 3.34. The second-order valence-corrected chi connectivity index (χ2v) is 9.11. The molecular formula is C30H26N2O. The highest BCUT2D eigenvalue weighted by atomic mass is 16.1. The van der Waals surface area contributed by atoms with Gasteiger partial charge in [0.25, 0.3) is 5.91 Å². The molecule has 1 aliphatic heterocycles. The van der Waals surface area contributed by atoms with E-state index in [4.69, 9.17) is 0 Å². The van der Waals surface area contributed by atoms with Crippen LogP contribution in [0.4, 0.5) is 11.4 Å². The summed E-state index contributed by atoms with van der Waals surface area (Å²) in [6.45, 7) is 1.97. The number of aryl methyl sites for hydroxylation is 1. The number of allylic oxidation sites excluding steroid dienone is 2. The average molecular weight is 431 g/mol. The maximum Gasteiger partial charge on any atom is 0.255 e. The fourth-order valence-electron chi connectivity index (χ4n) is 5.53. The van der Waals surface area contributed by atoms with Crippen molar-refractivity contribution in [1.82, 2.24) is 0 Å². The molecule has 1 aliphatic carbocycles. The van der Waals surface area contributed by atoms with Crippen LogP contribution >= 0.6 is 0 Å². The molecule has 0 saturated carbocycles. The standard InChI is InChI=1S/C30H26N2O/c1-19-8-2-4-11-22(19)30(33)31-21-16-17-28-27(18-21)24-13-7-15-26(24)29(32-28)25-14-6-10-20-9-3-5-12-23(20)25/h2-14,16-18,24,26,29,32H,15H2,1H3,(H,31,33). The normalized spacial score (nSPS) is 20.7. The highest BCUT2D eigenvalue weighted by Gasteiger charge is 2.38. The van der Waals surface area contributed by atoms with Crippen LogP contribution in [-0.2, 0) is 0 Å². The Morgan fingerprint density at radius 1 is 0.909 bits per heavy atom. The molecule has 3 heteroatoms. The maximum absolute atomic E-state index is 12.9. The van der Waals surface area contributed by atoms with Crippen LogP contribution < -0.4 is 10.6 Å². The second-order valence-electron chi connectivity index (χ2n) is 9.11. The Hall–Kier alpha value is -3.85. The van der Waals surface area contributed by atoms with Crippen LogP contribution in [0.2, 0.25) is 0 Å². The zero-order valence-corrected chi connectivity index (χ0v) is 18.6. The van der Waals surface area contributed by atoms with Gasteiger partial charge in [-0.25, -0.2) is 0 Å². The highest BCUT2D eigenvalue weighted by Crippen LogP contribution is 2.51. The molecule has 33 heavy (non-hydrogen) atoms. The van der Waals surface area contributed by atoms with E-state index in [2.05, 4.69) is 77.4 Å². The summed E-state index contributed by atoms with van der Waals surface area (Å²) in [6, 6.07) is 29.4. The van der Waals surface area contributed by atoms with E-state index in [1.54, 1.807) is 0 Å². The van der Waals surface area contributed by atoms with Crippen molar-refractivity contribution in [2.24, 2.45) is 5.92 Å². The van der Waals surface area contributed by atoms with Crippen LogP contribution in [-0.4, -0.2) is 5.91 Å². The zero-order valence-electron chi connectivity index (χ0n) is 18.6. The Morgan fingerprint density at radius 3 is 2.64 bits per heavy atom. The molecule has 4 aromatic carbocycles. The minimum Gasteiger partial charge on any atom is -0.378 e. The molecule has 162 valence electrons. The third-order valence-electron chi connectivity index (χ3n) is 7.17. The molecule has 3 unspecified atom stereocenters. The summed E-state index contributed by atoms with van der Waals surface area (Å²) in [6.07, 6.45) is 5.70. The third-order valence-corrected chi connectivity index (χ3v) is 7.17. The topological polar surface area (TPSA) is 41.1 Å². The van der Waals surface area contributed by atoms with E-state index in [1.165, 1.54) is 21.9 Å². The lowest BCUT2D eigenvalue weighted by Crippen LogP contribution is -2.29. The first-order chi connectivity index (χ1) is 16.2. The highest BCUT2D eigenvalue weighted by molar-refractivity contribution is 6.05. The van der Waals surface area contributed by atoms with E-state index in [0.29, 0.717) is 17.4 Å². The Labute approximate surface area is 194 Å². The van der Waals surface area contributed by atoms with Crippen LogP contribution in [0.3, 0.4) is 0 Å². The summed E-state index contributed by atoms with van der Waals surface area (Å²) in [5.41, 5.74) is 6.29. The molecule has 0 spiro atoms. The summed E-state index contributed by atoms with van der Waals surface area (Å²) >= 11 is 0. The molecule has 1 heterocycles. The number of hydrogen-bond donors (Lipinski definition) is 2. The molecule has 0 bridgehead atoms. The summed E-state index contributed by atoms with van der Waals surface area (Å²) < 4.78 is 0. The number of amides is 1. The van der Waals surface area contributed by atoms with Crippen molar-refractivity contribution >= 4 is 28.1 Å². The van der Waals surface area contributed by atoms with Gasteiger partial charge in [-0.3, -0.25) is 4.79 Å². The minimum atomic E-state index is -0.0658. The van der Waals surface area contributed by atoms with Crippen LogP contribution in [0.5, 0.6) is 0 Å². The summed E-state index contributed by atoms with van der Waals surface area (Å²) in [5.74, 6) is 0.718. The van der Waals surface area contributed by atoms with E-state index in [1.807, 2.05) is 37.3 Å². The van der Waals surface area contributed by atoms with Gasteiger partial charge >= 0.3 is 0 Å². The van der Waals surface area contributed by atoms with Gasteiger partial charge in [0.1, 0.15) is 0 Å². The molecular weight excluding hydrogens is 404 g/mol. The lowest BCUT2D eigenvalue weighted by molar-refractivity contribution is 0.102. The fourth-order valence-corrected chi connectivity index (χ4v) is 5.53. The largest absolute Gasteiger partial charge is 0.378 e. The van der Waals surface area contributed by atoms with Crippen LogP contribution in [0, 0.1) is 12.8 Å². The molecule has 3 nitrogen and oxygen atoms in total. The number of rotatable bonds is 3. The monoisotopic (exact) mass is 430 g/mol. The van der Waals surface area contributed by atoms with Gasteiger partial charge in [0.2, 0.25) is 0 Å². The summed E-state index contributed by atoms with van der Waals surface area (Å²) in [5, 5.41) is 9.54. The van der Waals surface area contributed by atoms with Gasteiger partial charge in [0.05, 0.1) is 6.04 Å². The maximum atomic E-state index is 12.9. The van der Waals surface area contributed by atoms with Crippen molar-refractivity contribution in [3.63, 3.8) is 0 Å². The SMILES string of the molecule is Cc1ccccc1C(=O)Nc1ccc2c(c1)C1C=CCC1C(c1cccc3ccccc13)N2. The lowest BCUT2D eigenvalue weighted by atomic mass is 9.76. The number of anilines is 2. The van der Waals surface area contributed by atoms with Crippen molar-refractivity contribution in [2.45, 2.75) is 25.3 Å².